The van der Waals surface area contributed by atoms with Crippen molar-refractivity contribution < 1.29 is 113 Å². The first kappa shape index (κ1) is 93.8. The molecule has 0 saturated heterocycles. The van der Waals surface area contributed by atoms with Crippen LogP contribution in [0.2, 0.25) is 0 Å². The molecule has 0 heterocycles. The van der Waals surface area contributed by atoms with E-state index in [1.807, 2.05) is 71.1 Å². The molecule has 34 heteroatoms. The fourth-order valence-corrected chi connectivity index (χ4v) is 9.35. The summed E-state index contributed by atoms with van der Waals surface area (Å²) < 4.78 is 95.3. The Morgan fingerprint density at radius 2 is 0.857 bits per heavy atom. The highest BCUT2D eigenvalue weighted by molar-refractivity contribution is 14.1. The standard InChI is InChI=1S/C24H29N3O6.C19H16F3N3O4.C18H23N3O5.C9H6O2.C7H4F3IO.CH4/c1-24(2,3)33-22(29)25-13-20(21(28)27-31-4)26-23(30)32-14-19-17-11-7-5-9-15(17)16-10-6-8-12-18(16)19;20-19(21,22)29-15-9-5-13(6-10-15)2-1-12-3-7-14(8-4-12)17(26)24-16(11-23)18(27)25-28;1-6-12-7-9-13(10-8-12)15(22)20-14(16(23)21-25-5)11-19-17(24)26-18(2,3)4;1-2-7-3-5-8(6-4-7)9(10)11;8-7(9,10)12-6-3-1-5(11)2-4-6;/h5-12,19-20H,13-14H2,1-4H3,(H,25,29)(H,26,30)(H,27,28);3-10,16,28H,11,23H2,(H,24,26)(H,25,27);1,7-10,14H,11H2,2-5H3,(H,19,24)(H,20,22)(H,21,23);1,3-6H,(H,10,11);1-4H;1H4/t20-;16-;14-;;;/m000.../s1. The molecule has 112 heavy (non-hydrogen) atoms. The first-order valence-electron chi connectivity index (χ1n) is 32.6. The molecule has 0 unspecified atom stereocenters. The number of benzene rings is 7. The van der Waals surface area contributed by atoms with E-state index in [-0.39, 0.29) is 62.2 Å². The lowest BCUT2D eigenvalue weighted by molar-refractivity contribution is -0.275. The summed E-state index contributed by atoms with van der Waals surface area (Å²) in [6.45, 7) is 9.79. The third kappa shape index (κ3) is 34.9. The van der Waals surface area contributed by atoms with Crippen LogP contribution in [0, 0.1) is 40.1 Å². The SMILES string of the molecule is C.C#Cc1ccc(C(=O)N[C@@H](CNC(=O)OC(C)(C)C)C(=O)NOC)cc1.C#Cc1ccc(C(=O)O)cc1.CONC(=O)[C@H](CNC(=O)OC(C)(C)C)NC(=O)OCC1c2ccccc2-c2ccccc21.FC(F)(F)Oc1ccc(I)cc1.NC[C@H](NC(=O)c1ccc(C#Cc2ccc(OC(F)(F)F)cc2)cc1)C(=O)NO. The number of carboxylic acids is 1. The second kappa shape index (κ2) is 45.5. The highest BCUT2D eigenvalue weighted by atomic mass is 127. The molecule has 0 fully saturated rings. The van der Waals surface area contributed by atoms with Crippen LogP contribution in [0.5, 0.6) is 11.5 Å². The summed E-state index contributed by atoms with van der Waals surface area (Å²) in [4.78, 5) is 116. The molecule has 0 aliphatic heterocycles. The molecule has 27 nitrogen and oxygen atoms in total. The maximum atomic E-state index is 12.5. The minimum Gasteiger partial charge on any atom is -0.478 e. The molecule has 7 aromatic rings. The molecular weight excluding hydrogens is 1590 g/mol. The van der Waals surface area contributed by atoms with Gasteiger partial charge in [-0.15, -0.1) is 39.2 Å². The van der Waals surface area contributed by atoms with Crippen LogP contribution < -0.4 is 58.2 Å². The van der Waals surface area contributed by atoms with Crippen LogP contribution in [-0.4, -0.2) is 147 Å². The zero-order chi connectivity index (χ0) is 82.7. The van der Waals surface area contributed by atoms with Gasteiger partial charge in [0.05, 0.1) is 32.9 Å². The average molecular weight is 1670 g/mol. The number of rotatable bonds is 20. The van der Waals surface area contributed by atoms with Crippen molar-refractivity contribution in [2.24, 2.45) is 5.73 Å². The van der Waals surface area contributed by atoms with Crippen LogP contribution in [0.25, 0.3) is 11.1 Å². The summed E-state index contributed by atoms with van der Waals surface area (Å²) in [7, 11) is 2.53. The number of hydrogen-bond acceptors (Lipinski definition) is 18. The second-order valence-corrected chi connectivity index (χ2v) is 25.8. The number of halogens is 7. The molecule has 8 amide bonds. The maximum absolute atomic E-state index is 12.5. The van der Waals surface area contributed by atoms with Crippen molar-refractivity contribution in [2.75, 3.05) is 40.5 Å². The van der Waals surface area contributed by atoms with E-state index in [2.05, 4.69) is 80.4 Å². The van der Waals surface area contributed by atoms with Crippen molar-refractivity contribution in [1.29, 1.82) is 0 Å². The van der Waals surface area contributed by atoms with Crippen molar-refractivity contribution in [3.05, 3.63) is 223 Å². The Morgan fingerprint density at radius 3 is 1.21 bits per heavy atom. The Labute approximate surface area is 655 Å². The Bertz CT molecular complexity index is 4400. The molecule has 0 spiro atoms. The molecule has 1 aliphatic rings. The van der Waals surface area contributed by atoms with Gasteiger partial charge in [0.1, 0.15) is 47.4 Å². The number of hydrogen-bond donors (Lipinski definition) is 11. The highest BCUT2D eigenvalue weighted by Gasteiger charge is 2.34. The largest absolute Gasteiger partial charge is 0.573 e. The first-order valence-corrected chi connectivity index (χ1v) is 33.7. The molecule has 12 N–H and O–H groups in total. The number of carboxylic acid groups (broad SMARTS) is 1. The fraction of sp³-hybridized carbons (Fsp3) is 0.269. The number of amides is 8. The van der Waals surface area contributed by atoms with Gasteiger partial charge in [0.25, 0.3) is 29.5 Å². The third-order valence-electron chi connectivity index (χ3n) is 13.9. The summed E-state index contributed by atoms with van der Waals surface area (Å²) >= 11 is 2.00. The number of terminal acetylenes is 2. The van der Waals surface area contributed by atoms with Crippen molar-refractivity contribution >= 4 is 76.4 Å². The van der Waals surface area contributed by atoms with Crippen LogP contribution in [-0.2, 0) is 38.3 Å². The predicted octanol–water partition coefficient (Wildman–Crippen LogP) is 10.8. The molecule has 1 aliphatic carbocycles. The minimum atomic E-state index is -4.76. The van der Waals surface area contributed by atoms with E-state index >= 15 is 0 Å². The third-order valence-corrected chi connectivity index (χ3v) is 14.6. The van der Waals surface area contributed by atoms with Crippen LogP contribution in [0.1, 0.15) is 119 Å². The number of aromatic carboxylic acids is 1. The van der Waals surface area contributed by atoms with Gasteiger partial charge in [-0.3, -0.25) is 38.9 Å². The number of alkyl halides is 6. The average Bonchev–Trinajstić information content (AvgIpc) is 1.67. The lowest BCUT2D eigenvalue weighted by atomic mass is 9.98. The van der Waals surface area contributed by atoms with Crippen molar-refractivity contribution in [3.63, 3.8) is 0 Å². The molecule has 0 bridgehead atoms. The van der Waals surface area contributed by atoms with Crippen LogP contribution in [0.3, 0.4) is 0 Å². The molecule has 7 aromatic carbocycles. The molecule has 596 valence electrons. The van der Waals surface area contributed by atoms with Gasteiger partial charge in [-0.2, -0.15) is 0 Å². The molecular formula is C78H82F6IN9O18. The van der Waals surface area contributed by atoms with E-state index in [1.54, 1.807) is 90.1 Å². The number of hydroxylamine groups is 3. The van der Waals surface area contributed by atoms with Gasteiger partial charge in [0.2, 0.25) is 0 Å². The zero-order valence-corrected chi connectivity index (χ0v) is 62.8. The molecule has 8 rings (SSSR count). The molecule has 0 radical (unpaired) electrons. The summed E-state index contributed by atoms with van der Waals surface area (Å²) in [6.07, 6.45) is -1.23. The minimum absolute atomic E-state index is 0. The van der Waals surface area contributed by atoms with E-state index in [4.69, 9.17) is 43.1 Å². The van der Waals surface area contributed by atoms with Gasteiger partial charge in [0.15, 0.2) is 0 Å². The van der Waals surface area contributed by atoms with Crippen molar-refractivity contribution in [2.45, 2.75) is 96.9 Å². The van der Waals surface area contributed by atoms with Gasteiger partial charge in [0, 0.05) is 49.4 Å². The lowest BCUT2D eigenvalue weighted by Crippen LogP contribution is -2.53. The lowest BCUT2D eigenvalue weighted by Gasteiger charge is -2.22. The van der Waals surface area contributed by atoms with Crippen LogP contribution in [0.15, 0.2) is 170 Å². The van der Waals surface area contributed by atoms with E-state index in [9.17, 15) is 69.5 Å². The van der Waals surface area contributed by atoms with E-state index in [0.29, 0.717) is 27.8 Å². The van der Waals surface area contributed by atoms with E-state index in [1.165, 1.54) is 80.4 Å². The number of nitrogens with two attached hydrogens (primary N) is 1. The number of alkyl carbamates (subject to hydrolysis) is 3. The Balaban J connectivity index is 0.000000381. The quantitative estimate of drug-likeness (QED) is 0.00843. The van der Waals surface area contributed by atoms with Gasteiger partial charge in [-0.25, -0.2) is 35.6 Å². The molecule has 3 atom stereocenters. The topological polar surface area (TPSA) is 381 Å². The van der Waals surface area contributed by atoms with E-state index < -0.39 is 95.8 Å². The summed E-state index contributed by atoms with van der Waals surface area (Å²) in [5.74, 6) is 5.66. The van der Waals surface area contributed by atoms with Gasteiger partial charge in [-0.1, -0.05) is 79.6 Å². The molecule has 0 aromatic heterocycles. The monoisotopic (exact) mass is 1670 g/mol. The maximum Gasteiger partial charge on any atom is 0.573 e. The van der Waals surface area contributed by atoms with Crippen molar-refractivity contribution in [1.82, 2.24) is 43.0 Å². The first-order chi connectivity index (χ1) is 52.3. The smallest absolute Gasteiger partial charge is 0.478 e. The number of carbonyl (C=O) groups excluding carboxylic acids is 8. The van der Waals surface area contributed by atoms with Crippen molar-refractivity contribution in [3.8, 4) is 59.2 Å². The van der Waals surface area contributed by atoms with Gasteiger partial charge in [-0.05, 0) is 208 Å². The predicted molar refractivity (Wildman–Crippen MR) is 406 cm³/mol. The van der Waals surface area contributed by atoms with Gasteiger partial charge < -0.3 is 61.1 Å². The summed E-state index contributed by atoms with van der Waals surface area (Å²) in [6, 6.07) is 41.9. The summed E-state index contributed by atoms with van der Waals surface area (Å²) in [5, 5.41) is 29.3. The highest BCUT2D eigenvalue weighted by Crippen LogP contribution is 2.44. The number of ether oxygens (including phenoxy) is 5. The second-order valence-electron chi connectivity index (χ2n) is 24.5. The fourth-order valence-electron chi connectivity index (χ4n) is 8.99. The van der Waals surface area contributed by atoms with E-state index in [0.717, 1.165) is 38.0 Å². The Hall–Kier alpha value is -12.4. The number of fused-ring (bicyclic) bond motifs is 3. The summed E-state index contributed by atoms with van der Waals surface area (Å²) in [5.41, 5.74) is 17.2. The zero-order valence-electron chi connectivity index (χ0n) is 60.6. The Morgan fingerprint density at radius 1 is 0.500 bits per heavy atom. The van der Waals surface area contributed by atoms with Crippen LogP contribution in [0.4, 0.5) is 40.7 Å². The van der Waals surface area contributed by atoms with Crippen LogP contribution >= 0.6 is 22.6 Å². The normalized spacial score (nSPS) is 11.7. The van der Waals surface area contributed by atoms with Gasteiger partial charge >= 0.3 is 37.0 Å². The number of carbonyl (C=O) groups is 9. The number of nitrogens with one attached hydrogen (secondary N) is 8. The molecule has 0 saturated carbocycles. The Kier molecular flexibility index (Phi) is 38.1.